The second-order valence-corrected chi connectivity index (χ2v) is 6.31. The summed E-state index contributed by atoms with van der Waals surface area (Å²) in [5.41, 5.74) is 1.09. The van der Waals surface area contributed by atoms with Crippen molar-refractivity contribution in [3.63, 3.8) is 0 Å². The lowest BCUT2D eigenvalue weighted by atomic mass is 10.3. The third kappa shape index (κ3) is 3.81. The van der Waals surface area contributed by atoms with E-state index in [1.54, 1.807) is 12.1 Å². The van der Waals surface area contributed by atoms with Gasteiger partial charge in [-0.05, 0) is 12.1 Å². The summed E-state index contributed by atoms with van der Waals surface area (Å²) in [6.45, 7) is 0.926. The Morgan fingerprint density at radius 3 is 2.71 bits per heavy atom. The van der Waals surface area contributed by atoms with Crippen LogP contribution in [0.4, 0.5) is 11.4 Å². The average molecular weight is 270 g/mol. The van der Waals surface area contributed by atoms with E-state index in [1.165, 1.54) is 29.4 Å². The molecule has 0 radical (unpaired) electrons. The van der Waals surface area contributed by atoms with E-state index in [9.17, 15) is 10.1 Å². The fraction of sp³-hybridized carbons (Fsp3) is 0.455. The van der Waals surface area contributed by atoms with Crippen molar-refractivity contribution in [1.29, 1.82) is 0 Å². The topological polar surface area (TPSA) is 55.2 Å². The lowest BCUT2D eigenvalue weighted by molar-refractivity contribution is -0.384. The molecule has 1 aromatic rings. The first kappa shape index (κ1) is 12.6. The second kappa shape index (κ2) is 6.16. The fourth-order valence-electron chi connectivity index (χ4n) is 1.59. The van der Waals surface area contributed by atoms with Crippen LogP contribution in [0.5, 0.6) is 0 Å². The molecule has 0 aliphatic carbocycles. The predicted octanol–water partition coefficient (Wildman–Crippen LogP) is 2.86. The van der Waals surface area contributed by atoms with E-state index in [-0.39, 0.29) is 10.6 Å². The first-order chi connectivity index (χ1) is 8.25. The molecular weight excluding hydrogens is 256 g/mol. The molecule has 17 heavy (non-hydrogen) atoms. The van der Waals surface area contributed by atoms with E-state index in [0.717, 1.165) is 12.2 Å². The number of nitro groups is 1. The third-order valence-corrected chi connectivity index (χ3v) is 5.34. The summed E-state index contributed by atoms with van der Waals surface area (Å²) in [4.78, 5) is 10.1. The van der Waals surface area contributed by atoms with Crippen LogP contribution >= 0.6 is 23.5 Å². The van der Waals surface area contributed by atoms with Gasteiger partial charge in [0.05, 0.1) is 4.92 Å². The summed E-state index contributed by atoms with van der Waals surface area (Å²) in [6.07, 6.45) is 0. The second-order valence-electron chi connectivity index (χ2n) is 3.75. The van der Waals surface area contributed by atoms with E-state index < -0.39 is 0 Å². The van der Waals surface area contributed by atoms with Gasteiger partial charge < -0.3 is 5.32 Å². The van der Waals surface area contributed by atoms with Crippen molar-refractivity contribution in [2.75, 3.05) is 29.1 Å². The van der Waals surface area contributed by atoms with E-state index in [1.807, 2.05) is 23.5 Å². The number of thioether (sulfide) groups is 2. The zero-order chi connectivity index (χ0) is 12.1. The quantitative estimate of drug-likeness (QED) is 0.673. The van der Waals surface area contributed by atoms with Crippen molar-refractivity contribution >= 4 is 34.9 Å². The lowest BCUT2D eigenvalue weighted by Crippen LogP contribution is -2.23. The number of hydrogen-bond donors (Lipinski definition) is 1. The molecular formula is C11H14N2O2S2. The van der Waals surface area contributed by atoms with Crippen molar-refractivity contribution in [2.45, 2.75) is 5.25 Å². The Hall–Kier alpha value is -0.880. The van der Waals surface area contributed by atoms with Crippen LogP contribution in [-0.2, 0) is 0 Å². The molecule has 1 aromatic carbocycles. The van der Waals surface area contributed by atoms with Crippen LogP contribution in [0.1, 0.15) is 0 Å². The van der Waals surface area contributed by atoms with Gasteiger partial charge in [-0.15, -0.1) is 0 Å². The molecule has 1 aliphatic heterocycles. The minimum Gasteiger partial charge on any atom is -0.384 e. The van der Waals surface area contributed by atoms with Gasteiger partial charge in [0.2, 0.25) is 0 Å². The summed E-state index contributed by atoms with van der Waals surface area (Å²) in [6, 6.07) is 6.59. The number of benzene rings is 1. The van der Waals surface area contributed by atoms with E-state index in [0.29, 0.717) is 5.25 Å². The molecule has 1 unspecified atom stereocenters. The van der Waals surface area contributed by atoms with Gasteiger partial charge in [-0.2, -0.15) is 23.5 Å². The zero-order valence-corrected chi connectivity index (χ0v) is 10.9. The highest BCUT2D eigenvalue weighted by Gasteiger charge is 2.13. The number of anilines is 1. The first-order valence-corrected chi connectivity index (χ1v) is 7.64. The summed E-state index contributed by atoms with van der Waals surface area (Å²) in [5, 5.41) is 14.5. The van der Waals surface area contributed by atoms with E-state index >= 15 is 0 Å². The van der Waals surface area contributed by atoms with Gasteiger partial charge in [-0.1, -0.05) is 0 Å². The van der Waals surface area contributed by atoms with Crippen molar-refractivity contribution in [2.24, 2.45) is 0 Å². The van der Waals surface area contributed by atoms with Gasteiger partial charge in [-0.3, -0.25) is 10.1 Å². The van der Waals surface area contributed by atoms with E-state index in [2.05, 4.69) is 5.32 Å². The number of hydrogen-bond acceptors (Lipinski definition) is 5. The SMILES string of the molecule is O=[N+]([O-])c1ccc(NCC2CSCCS2)cc1. The van der Waals surface area contributed by atoms with Crippen LogP contribution in [0.3, 0.4) is 0 Å². The third-order valence-electron chi connectivity index (χ3n) is 2.50. The Morgan fingerprint density at radius 1 is 1.35 bits per heavy atom. The molecule has 0 aromatic heterocycles. The lowest BCUT2D eigenvalue weighted by Gasteiger charge is -2.21. The molecule has 2 rings (SSSR count). The van der Waals surface area contributed by atoms with Crippen LogP contribution in [-0.4, -0.2) is 34.0 Å². The smallest absolute Gasteiger partial charge is 0.269 e. The molecule has 0 bridgehead atoms. The summed E-state index contributed by atoms with van der Waals surface area (Å²) in [7, 11) is 0. The summed E-state index contributed by atoms with van der Waals surface area (Å²) in [5.74, 6) is 3.65. The molecule has 1 aliphatic rings. The van der Waals surface area contributed by atoms with Gasteiger partial charge in [0.1, 0.15) is 0 Å². The Morgan fingerprint density at radius 2 is 2.12 bits per heavy atom. The van der Waals surface area contributed by atoms with Crippen molar-refractivity contribution in [3.05, 3.63) is 34.4 Å². The van der Waals surface area contributed by atoms with Crippen LogP contribution in [0, 0.1) is 10.1 Å². The Bertz CT molecular complexity index is 378. The Kier molecular flexibility index (Phi) is 4.56. The molecule has 1 atom stereocenters. The maximum absolute atomic E-state index is 10.5. The number of rotatable bonds is 4. The van der Waals surface area contributed by atoms with Crippen LogP contribution in [0.2, 0.25) is 0 Å². The van der Waals surface area contributed by atoms with Gasteiger partial charge in [-0.25, -0.2) is 0 Å². The monoisotopic (exact) mass is 270 g/mol. The molecule has 4 nitrogen and oxygen atoms in total. The summed E-state index contributed by atoms with van der Waals surface area (Å²) < 4.78 is 0. The molecule has 1 fully saturated rings. The maximum atomic E-state index is 10.5. The average Bonchev–Trinajstić information content (AvgIpc) is 2.38. The van der Waals surface area contributed by atoms with Gasteiger partial charge in [0.15, 0.2) is 0 Å². The van der Waals surface area contributed by atoms with Crippen LogP contribution < -0.4 is 5.32 Å². The van der Waals surface area contributed by atoms with Gasteiger partial charge in [0, 0.05) is 46.9 Å². The van der Waals surface area contributed by atoms with E-state index in [4.69, 9.17) is 0 Å². The zero-order valence-electron chi connectivity index (χ0n) is 9.30. The number of non-ortho nitro benzene ring substituents is 1. The Labute approximate surface area is 109 Å². The summed E-state index contributed by atoms with van der Waals surface area (Å²) >= 11 is 3.99. The minimum absolute atomic E-state index is 0.137. The molecule has 0 spiro atoms. The molecule has 1 heterocycles. The van der Waals surface area contributed by atoms with Crippen LogP contribution in [0.15, 0.2) is 24.3 Å². The first-order valence-electron chi connectivity index (χ1n) is 5.43. The highest BCUT2D eigenvalue weighted by atomic mass is 32.2. The fourth-order valence-corrected chi connectivity index (χ4v) is 4.20. The predicted molar refractivity (Wildman–Crippen MR) is 75.2 cm³/mol. The minimum atomic E-state index is -0.378. The van der Waals surface area contributed by atoms with Gasteiger partial charge in [0.25, 0.3) is 5.69 Å². The molecule has 1 N–H and O–H groups in total. The number of nitrogens with zero attached hydrogens (tertiary/aromatic N) is 1. The maximum Gasteiger partial charge on any atom is 0.269 e. The molecule has 92 valence electrons. The molecule has 0 saturated carbocycles. The molecule has 0 amide bonds. The number of nitro benzene ring substituents is 1. The standard InChI is InChI=1S/C11H14N2O2S2/c14-13(15)10-3-1-9(2-4-10)12-7-11-8-16-5-6-17-11/h1-4,11-12H,5-8H2. The normalized spacial score (nSPS) is 19.9. The van der Waals surface area contributed by atoms with Gasteiger partial charge >= 0.3 is 0 Å². The van der Waals surface area contributed by atoms with Crippen molar-refractivity contribution in [1.82, 2.24) is 0 Å². The van der Waals surface area contributed by atoms with Crippen molar-refractivity contribution in [3.8, 4) is 0 Å². The molecule has 1 saturated heterocycles. The highest BCUT2D eigenvalue weighted by molar-refractivity contribution is 8.06. The van der Waals surface area contributed by atoms with Crippen molar-refractivity contribution < 1.29 is 4.92 Å². The Balaban J connectivity index is 1.84. The van der Waals surface area contributed by atoms with Crippen LogP contribution in [0.25, 0.3) is 0 Å². The largest absolute Gasteiger partial charge is 0.384 e. The highest BCUT2D eigenvalue weighted by Crippen LogP contribution is 2.24. The number of nitrogens with one attached hydrogen (secondary N) is 1. The molecule has 6 heteroatoms.